The molecule has 8 nitrogen and oxygen atoms in total. The molecule has 1 amide bonds. The highest BCUT2D eigenvalue weighted by molar-refractivity contribution is 6.11. The fraction of sp³-hybridized carbons (Fsp3) is 0.290. The molecule has 1 saturated heterocycles. The number of carbonyl (C=O) groups excluding carboxylic acids is 1. The molecule has 39 heavy (non-hydrogen) atoms. The van der Waals surface area contributed by atoms with Gasteiger partial charge in [-0.25, -0.2) is 5.10 Å². The van der Waals surface area contributed by atoms with Crippen molar-refractivity contribution in [3.05, 3.63) is 88.3 Å². The van der Waals surface area contributed by atoms with E-state index in [0.717, 1.165) is 47.1 Å². The number of benzene rings is 3. The molecule has 0 spiro atoms. The summed E-state index contributed by atoms with van der Waals surface area (Å²) >= 11 is 0. The van der Waals surface area contributed by atoms with Crippen molar-refractivity contribution in [1.82, 2.24) is 24.9 Å². The van der Waals surface area contributed by atoms with Crippen molar-refractivity contribution in [1.29, 1.82) is 0 Å². The van der Waals surface area contributed by atoms with Crippen LogP contribution >= 0.6 is 0 Å². The molecular formula is C31H32N6O2. The van der Waals surface area contributed by atoms with E-state index in [0.29, 0.717) is 28.4 Å². The number of nitrogens with zero attached hydrogens (tertiary/aromatic N) is 4. The number of aromatic amines is 1. The van der Waals surface area contributed by atoms with E-state index >= 15 is 0 Å². The van der Waals surface area contributed by atoms with E-state index in [4.69, 9.17) is 5.10 Å². The van der Waals surface area contributed by atoms with Gasteiger partial charge in [-0.1, -0.05) is 42.5 Å². The van der Waals surface area contributed by atoms with Gasteiger partial charge in [0, 0.05) is 53.1 Å². The molecule has 8 heteroatoms. The van der Waals surface area contributed by atoms with Crippen LogP contribution in [0.1, 0.15) is 36.8 Å². The number of nitrogens with one attached hydrogen (secondary N) is 2. The third kappa shape index (κ3) is 4.61. The van der Waals surface area contributed by atoms with Crippen LogP contribution < -0.4 is 10.9 Å². The Morgan fingerprint density at radius 2 is 1.69 bits per heavy atom. The number of H-pyrrole nitrogens is 1. The summed E-state index contributed by atoms with van der Waals surface area (Å²) in [5.74, 6) is 0.269. The molecule has 1 fully saturated rings. The van der Waals surface area contributed by atoms with E-state index in [1.165, 1.54) is 0 Å². The summed E-state index contributed by atoms with van der Waals surface area (Å²) in [5, 5.41) is 17.0. The normalized spacial score (nSPS) is 14.6. The van der Waals surface area contributed by atoms with Crippen LogP contribution in [0.25, 0.3) is 32.9 Å². The predicted octanol–water partition coefficient (Wildman–Crippen LogP) is 5.23. The first-order chi connectivity index (χ1) is 18.7. The van der Waals surface area contributed by atoms with Crippen LogP contribution in [0.5, 0.6) is 0 Å². The van der Waals surface area contributed by atoms with Crippen molar-refractivity contribution in [3.63, 3.8) is 0 Å². The lowest BCUT2D eigenvalue weighted by Crippen LogP contribution is -2.56. The maximum atomic E-state index is 13.4. The molecule has 1 aliphatic rings. The topological polar surface area (TPSA) is 95.9 Å². The third-order valence-corrected chi connectivity index (χ3v) is 7.65. The molecular weight excluding hydrogens is 488 g/mol. The van der Waals surface area contributed by atoms with Gasteiger partial charge in [0.1, 0.15) is 0 Å². The predicted molar refractivity (Wildman–Crippen MR) is 155 cm³/mol. The largest absolute Gasteiger partial charge is 0.321 e. The number of aryl methyl sites for hydroxylation is 1. The number of para-hydroxylation sites is 1. The van der Waals surface area contributed by atoms with Gasteiger partial charge in [-0.15, -0.1) is 0 Å². The monoisotopic (exact) mass is 520 g/mol. The van der Waals surface area contributed by atoms with E-state index in [-0.39, 0.29) is 17.0 Å². The number of likely N-dealkylation sites (tertiary alicyclic amines) is 1. The number of rotatable bonds is 5. The second-order valence-corrected chi connectivity index (χ2v) is 11.4. The summed E-state index contributed by atoms with van der Waals surface area (Å²) in [6.07, 6.45) is 0. The highest BCUT2D eigenvalue weighted by Crippen LogP contribution is 2.30. The first-order valence-electron chi connectivity index (χ1n) is 13.3. The first-order valence-corrected chi connectivity index (χ1v) is 13.3. The highest BCUT2D eigenvalue weighted by atomic mass is 16.2. The van der Waals surface area contributed by atoms with Gasteiger partial charge in [0.2, 0.25) is 0 Å². The van der Waals surface area contributed by atoms with E-state index in [2.05, 4.69) is 41.2 Å². The quantitative estimate of drug-likeness (QED) is 0.331. The minimum atomic E-state index is -0.241. The van der Waals surface area contributed by atoms with Gasteiger partial charge in [0.05, 0.1) is 16.6 Å². The lowest BCUT2D eigenvalue weighted by atomic mass is 9.92. The molecule has 6 rings (SSSR count). The minimum Gasteiger partial charge on any atom is -0.321 e. The van der Waals surface area contributed by atoms with Gasteiger partial charge in [0.15, 0.2) is 5.69 Å². The van der Waals surface area contributed by atoms with Gasteiger partial charge in [-0.05, 0) is 57.5 Å². The molecule has 0 radical (unpaired) electrons. The molecule has 2 N–H and O–H groups in total. The van der Waals surface area contributed by atoms with Crippen LogP contribution in [0.4, 0.5) is 5.69 Å². The van der Waals surface area contributed by atoms with E-state index in [1.54, 1.807) is 6.07 Å². The van der Waals surface area contributed by atoms with Crippen molar-refractivity contribution >= 4 is 33.3 Å². The van der Waals surface area contributed by atoms with Crippen molar-refractivity contribution in [3.8, 4) is 11.3 Å². The van der Waals surface area contributed by atoms with Crippen LogP contribution in [-0.4, -0.2) is 49.4 Å². The zero-order valence-electron chi connectivity index (χ0n) is 22.7. The van der Waals surface area contributed by atoms with Crippen molar-refractivity contribution < 1.29 is 4.79 Å². The number of anilines is 1. The van der Waals surface area contributed by atoms with Gasteiger partial charge in [-0.3, -0.25) is 19.2 Å². The Labute approximate surface area is 226 Å². The molecule has 3 aromatic carbocycles. The fourth-order valence-corrected chi connectivity index (χ4v) is 5.43. The Kier molecular flexibility index (Phi) is 6.07. The third-order valence-electron chi connectivity index (χ3n) is 7.65. The molecule has 2 aromatic heterocycles. The SMILES string of the molecule is Cc1cc(NC(=O)c2nn(CC3CN(C(C)(C)C)C3)c3ccccc23)ccc1-c1n[nH]c(=O)c2ccccc12. The highest BCUT2D eigenvalue weighted by Gasteiger charge is 2.35. The number of hydrogen-bond donors (Lipinski definition) is 2. The van der Waals surface area contributed by atoms with Gasteiger partial charge in [-0.2, -0.15) is 10.2 Å². The Hall–Kier alpha value is -4.30. The Bertz CT molecular complexity index is 1770. The van der Waals surface area contributed by atoms with Crippen molar-refractivity contribution in [2.45, 2.75) is 39.8 Å². The van der Waals surface area contributed by atoms with Gasteiger partial charge >= 0.3 is 0 Å². The second kappa shape index (κ2) is 9.47. The standard InChI is InChI=1S/C31H32N6O2/c1-19-15-21(13-14-22(19)27-23-9-5-6-10-24(23)29(38)34-33-27)32-30(39)28-25-11-7-8-12-26(25)37(35-28)18-20-16-36(17-20)31(2,3)4/h5-15,20H,16-18H2,1-4H3,(H,32,39)(H,34,38). The summed E-state index contributed by atoms with van der Waals surface area (Å²) < 4.78 is 1.98. The summed E-state index contributed by atoms with van der Waals surface area (Å²) in [4.78, 5) is 28.1. The fourth-order valence-electron chi connectivity index (χ4n) is 5.43. The molecule has 0 saturated carbocycles. The van der Waals surface area contributed by atoms with E-state index in [9.17, 15) is 9.59 Å². The minimum absolute atomic E-state index is 0.169. The maximum absolute atomic E-state index is 13.4. The number of carbonyl (C=O) groups is 1. The van der Waals surface area contributed by atoms with Crippen molar-refractivity contribution in [2.75, 3.05) is 18.4 Å². The summed E-state index contributed by atoms with van der Waals surface area (Å²) in [6, 6.07) is 21.0. The lowest BCUT2D eigenvalue weighted by Gasteiger charge is -2.47. The van der Waals surface area contributed by atoms with Crippen LogP contribution in [0, 0.1) is 12.8 Å². The summed E-state index contributed by atoms with van der Waals surface area (Å²) in [6.45, 7) is 11.5. The Morgan fingerprint density at radius 1 is 1.00 bits per heavy atom. The first kappa shape index (κ1) is 25.0. The number of fused-ring (bicyclic) bond motifs is 2. The van der Waals surface area contributed by atoms with Crippen LogP contribution in [0.3, 0.4) is 0 Å². The van der Waals surface area contributed by atoms with Crippen LogP contribution in [-0.2, 0) is 6.54 Å². The number of aromatic nitrogens is 4. The summed E-state index contributed by atoms with van der Waals surface area (Å²) in [7, 11) is 0. The zero-order chi connectivity index (χ0) is 27.3. The average molecular weight is 521 g/mol. The molecule has 0 bridgehead atoms. The van der Waals surface area contributed by atoms with Crippen LogP contribution in [0.15, 0.2) is 71.5 Å². The molecule has 3 heterocycles. The number of amides is 1. The summed E-state index contributed by atoms with van der Waals surface area (Å²) in [5.41, 5.74) is 4.54. The smallest absolute Gasteiger partial charge is 0.276 e. The molecule has 1 aliphatic heterocycles. The van der Waals surface area contributed by atoms with E-state index < -0.39 is 0 Å². The Balaban J connectivity index is 1.25. The maximum Gasteiger partial charge on any atom is 0.276 e. The molecule has 5 aromatic rings. The lowest BCUT2D eigenvalue weighted by molar-refractivity contribution is 0.00591. The number of hydrogen-bond acceptors (Lipinski definition) is 5. The molecule has 0 atom stereocenters. The van der Waals surface area contributed by atoms with Crippen LogP contribution in [0.2, 0.25) is 0 Å². The second-order valence-electron chi connectivity index (χ2n) is 11.4. The molecule has 0 aliphatic carbocycles. The van der Waals surface area contributed by atoms with Crippen molar-refractivity contribution in [2.24, 2.45) is 5.92 Å². The molecule has 0 unspecified atom stereocenters. The zero-order valence-corrected chi connectivity index (χ0v) is 22.7. The van der Waals surface area contributed by atoms with Gasteiger partial charge in [0.25, 0.3) is 11.5 Å². The molecule has 198 valence electrons. The Morgan fingerprint density at radius 3 is 2.41 bits per heavy atom. The van der Waals surface area contributed by atoms with Gasteiger partial charge < -0.3 is 5.32 Å². The van der Waals surface area contributed by atoms with E-state index in [1.807, 2.05) is 72.3 Å². The average Bonchev–Trinajstić information content (AvgIpc) is 3.25.